The minimum absolute atomic E-state index is 0.355. The molecule has 0 unspecified atom stereocenters. The third kappa shape index (κ3) is 5.98. The van der Waals surface area contributed by atoms with E-state index < -0.39 is 0 Å². The van der Waals surface area contributed by atoms with Crippen LogP contribution in [0.1, 0.15) is 53.1 Å². The first-order chi connectivity index (χ1) is 23.0. The summed E-state index contributed by atoms with van der Waals surface area (Å²) in [6.07, 6.45) is 8.20. The van der Waals surface area contributed by atoms with Crippen LogP contribution in [-0.2, 0) is 11.3 Å². The van der Waals surface area contributed by atoms with Crippen molar-refractivity contribution in [3.63, 3.8) is 0 Å². The molecule has 4 fully saturated rings. The Labute approximate surface area is 274 Å². The summed E-state index contributed by atoms with van der Waals surface area (Å²) < 4.78 is 31.5. The maximum atomic E-state index is 14.1. The maximum Gasteiger partial charge on any atom is 0.153 e. The Bertz CT molecular complexity index is 1750. The maximum absolute atomic E-state index is 14.1. The molecular formula is C37H42FN5O4. The summed E-state index contributed by atoms with van der Waals surface area (Å²) in [6.45, 7) is 9.06. The van der Waals surface area contributed by atoms with Gasteiger partial charge in [-0.3, -0.25) is 14.6 Å². The van der Waals surface area contributed by atoms with E-state index in [9.17, 15) is 9.18 Å². The van der Waals surface area contributed by atoms with E-state index in [-0.39, 0.29) is 5.82 Å². The van der Waals surface area contributed by atoms with Gasteiger partial charge in [-0.1, -0.05) is 12.1 Å². The second-order valence-corrected chi connectivity index (χ2v) is 13.8. The molecule has 3 saturated heterocycles. The number of carbonyl (C=O) groups is 1. The van der Waals surface area contributed by atoms with Gasteiger partial charge in [0.05, 0.1) is 24.3 Å². The molecule has 2 aromatic heterocycles. The van der Waals surface area contributed by atoms with Gasteiger partial charge >= 0.3 is 0 Å². The number of ether oxygens (including phenoxy) is 3. The molecule has 1 aliphatic carbocycles. The number of aldehydes is 1. The van der Waals surface area contributed by atoms with Crippen LogP contribution in [0.5, 0.6) is 17.2 Å². The lowest BCUT2D eigenvalue weighted by Crippen LogP contribution is -2.68. The Kier molecular flexibility index (Phi) is 8.11. The monoisotopic (exact) mass is 639 g/mol. The summed E-state index contributed by atoms with van der Waals surface area (Å²) in [5, 5.41) is 0.355. The number of anilines is 1. The third-order valence-corrected chi connectivity index (χ3v) is 10.9. The van der Waals surface area contributed by atoms with Crippen molar-refractivity contribution in [1.29, 1.82) is 0 Å². The van der Waals surface area contributed by atoms with Crippen LogP contribution in [0.15, 0.2) is 54.9 Å². The topological polar surface area (TPSA) is 83.2 Å². The van der Waals surface area contributed by atoms with E-state index in [1.165, 1.54) is 36.4 Å². The Morgan fingerprint density at radius 1 is 1.04 bits per heavy atom. The van der Waals surface area contributed by atoms with Crippen molar-refractivity contribution in [2.75, 3.05) is 64.5 Å². The number of hydrogen-bond donors (Lipinski definition) is 1. The molecule has 4 aromatic rings. The lowest BCUT2D eigenvalue weighted by Gasteiger charge is -2.62. The molecule has 0 amide bonds. The van der Waals surface area contributed by atoms with Crippen molar-refractivity contribution in [3.05, 3.63) is 77.4 Å². The van der Waals surface area contributed by atoms with E-state index in [0.29, 0.717) is 45.5 Å². The standard InChI is InChI=1S/C37H42FN5O4/c1-45-35-14-25(2-5-31(35)26-6-12-46-13-7-26)21-41-8-10-42(11-9-41)29-17-37(18-29)23-43(24-37)28-4-3-27(22-44)34(15-28)47-30-16-32-33(38)20-40-36(32)39-19-30/h2-5,14-16,19-20,22,26,29H,6-13,17-18,21,23-24H2,1H3,(H,39,40). The van der Waals surface area contributed by atoms with E-state index in [0.717, 1.165) is 89.6 Å². The fraction of sp³-hybridized carbons (Fsp3) is 0.459. The number of fused-ring (bicyclic) bond motifs is 1. The molecule has 9 nitrogen and oxygen atoms in total. The quantitative estimate of drug-likeness (QED) is 0.224. The van der Waals surface area contributed by atoms with Crippen molar-refractivity contribution in [1.82, 2.24) is 19.8 Å². The first-order valence-electron chi connectivity index (χ1n) is 16.8. The highest BCUT2D eigenvalue weighted by molar-refractivity contribution is 5.82. The summed E-state index contributed by atoms with van der Waals surface area (Å²) >= 11 is 0. The number of piperazine rings is 1. The minimum atomic E-state index is -0.387. The summed E-state index contributed by atoms with van der Waals surface area (Å²) in [7, 11) is 1.79. The number of pyridine rings is 1. The van der Waals surface area contributed by atoms with Crippen LogP contribution >= 0.6 is 0 Å². The number of aromatic nitrogens is 2. The predicted molar refractivity (Wildman–Crippen MR) is 178 cm³/mol. The van der Waals surface area contributed by atoms with Gasteiger partial charge in [-0.05, 0) is 67.0 Å². The van der Waals surface area contributed by atoms with Gasteiger partial charge in [-0.2, -0.15) is 0 Å². The largest absolute Gasteiger partial charge is 0.496 e. The Balaban J connectivity index is 0.826. The fourth-order valence-corrected chi connectivity index (χ4v) is 8.19. The Hall–Kier alpha value is -3.99. The smallest absolute Gasteiger partial charge is 0.153 e. The van der Waals surface area contributed by atoms with Crippen LogP contribution < -0.4 is 14.4 Å². The highest BCUT2D eigenvalue weighted by Crippen LogP contribution is 2.52. The average Bonchev–Trinajstić information content (AvgIpc) is 3.44. The van der Waals surface area contributed by atoms with Crippen LogP contribution in [0.4, 0.5) is 10.1 Å². The molecule has 5 heterocycles. The molecule has 3 aliphatic heterocycles. The number of nitrogens with zero attached hydrogens (tertiary/aromatic N) is 4. The van der Waals surface area contributed by atoms with E-state index in [2.05, 4.69) is 42.9 Å². The van der Waals surface area contributed by atoms with Gasteiger partial charge in [-0.25, -0.2) is 9.37 Å². The van der Waals surface area contributed by atoms with E-state index in [4.69, 9.17) is 14.2 Å². The van der Waals surface area contributed by atoms with Gasteiger partial charge in [0.25, 0.3) is 0 Å². The SMILES string of the molecule is COc1cc(CN2CCN(C3CC4(C3)CN(c3ccc(C=O)c(Oc5cnc6[nH]cc(F)c6c5)c3)C4)CC2)ccc1C1CCOCC1. The molecule has 8 rings (SSSR count). The number of methoxy groups -OCH3 is 1. The van der Waals surface area contributed by atoms with Gasteiger partial charge < -0.3 is 24.1 Å². The molecule has 1 N–H and O–H groups in total. The molecule has 0 radical (unpaired) electrons. The Morgan fingerprint density at radius 3 is 2.62 bits per heavy atom. The van der Waals surface area contributed by atoms with Crippen LogP contribution in [-0.4, -0.2) is 91.7 Å². The minimum Gasteiger partial charge on any atom is -0.496 e. The third-order valence-electron chi connectivity index (χ3n) is 10.9. The molecule has 2 aromatic carbocycles. The molecule has 0 bridgehead atoms. The molecule has 4 aliphatic rings. The van der Waals surface area contributed by atoms with Crippen molar-refractivity contribution in [2.24, 2.45) is 5.41 Å². The molecule has 246 valence electrons. The lowest BCUT2D eigenvalue weighted by atomic mass is 9.60. The summed E-state index contributed by atoms with van der Waals surface area (Å²) in [6, 6.07) is 14.8. The summed E-state index contributed by atoms with van der Waals surface area (Å²) in [5.74, 6) is 2.01. The van der Waals surface area contributed by atoms with Crippen LogP contribution in [0.3, 0.4) is 0 Å². The molecule has 47 heavy (non-hydrogen) atoms. The van der Waals surface area contributed by atoms with Gasteiger partial charge in [-0.15, -0.1) is 0 Å². The lowest BCUT2D eigenvalue weighted by molar-refractivity contribution is -0.0380. The number of aromatic amines is 1. The number of benzene rings is 2. The van der Waals surface area contributed by atoms with Crippen molar-refractivity contribution in [2.45, 2.75) is 44.2 Å². The van der Waals surface area contributed by atoms with Gasteiger partial charge in [0, 0.05) is 88.4 Å². The molecule has 1 saturated carbocycles. The van der Waals surface area contributed by atoms with Crippen molar-refractivity contribution < 1.29 is 23.4 Å². The number of H-pyrrole nitrogens is 1. The van der Waals surface area contributed by atoms with E-state index >= 15 is 0 Å². The summed E-state index contributed by atoms with van der Waals surface area (Å²) in [4.78, 5) is 26.4. The normalized spacial score (nSPS) is 20.7. The average molecular weight is 640 g/mol. The number of carbonyl (C=O) groups excluding carboxylic acids is 1. The highest BCUT2D eigenvalue weighted by atomic mass is 19.1. The number of rotatable bonds is 9. The zero-order chi connectivity index (χ0) is 32.0. The highest BCUT2D eigenvalue weighted by Gasteiger charge is 2.54. The molecule has 1 spiro atoms. The van der Waals surface area contributed by atoms with Gasteiger partial charge in [0.15, 0.2) is 6.29 Å². The molecule has 10 heteroatoms. The number of halogens is 1. The fourth-order valence-electron chi connectivity index (χ4n) is 8.19. The molecule has 0 atom stereocenters. The first kappa shape index (κ1) is 30.4. The second kappa shape index (κ2) is 12.6. The van der Waals surface area contributed by atoms with Crippen molar-refractivity contribution >= 4 is 23.0 Å². The first-order valence-corrected chi connectivity index (χ1v) is 16.8. The van der Waals surface area contributed by atoms with E-state index in [1.54, 1.807) is 19.2 Å². The van der Waals surface area contributed by atoms with Crippen LogP contribution in [0.25, 0.3) is 11.0 Å². The molecular weight excluding hydrogens is 597 g/mol. The van der Waals surface area contributed by atoms with Gasteiger partial charge in [0.2, 0.25) is 0 Å². The number of hydrogen-bond acceptors (Lipinski definition) is 8. The predicted octanol–water partition coefficient (Wildman–Crippen LogP) is 6.00. The van der Waals surface area contributed by atoms with Crippen LogP contribution in [0.2, 0.25) is 0 Å². The van der Waals surface area contributed by atoms with Gasteiger partial charge in [0.1, 0.15) is 28.7 Å². The van der Waals surface area contributed by atoms with Crippen molar-refractivity contribution in [3.8, 4) is 17.2 Å². The van der Waals surface area contributed by atoms with E-state index in [1.807, 2.05) is 12.1 Å². The zero-order valence-corrected chi connectivity index (χ0v) is 26.9. The second-order valence-electron chi connectivity index (χ2n) is 13.8. The zero-order valence-electron chi connectivity index (χ0n) is 26.9. The summed E-state index contributed by atoms with van der Waals surface area (Å²) in [5.41, 5.74) is 4.96. The Morgan fingerprint density at radius 2 is 1.85 bits per heavy atom. The number of nitrogens with one attached hydrogen (secondary N) is 1. The van der Waals surface area contributed by atoms with Crippen LogP contribution in [0, 0.1) is 11.2 Å².